The molecule has 4 nitrogen and oxygen atoms in total. The molecule has 1 aromatic heterocycles. The van der Waals surface area contributed by atoms with Crippen LogP contribution in [0.5, 0.6) is 0 Å². The Balaban J connectivity index is 1.72. The molecule has 3 rings (SSSR count). The number of halogens is 1. The minimum Gasteiger partial charge on any atom is -0.378 e. The quantitative estimate of drug-likeness (QED) is 0.808. The van der Waals surface area contributed by atoms with Gasteiger partial charge in [0.25, 0.3) is 5.91 Å². The Morgan fingerprint density at radius 3 is 2.69 bits per heavy atom. The zero-order valence-electron chi connectivity index (χ0n) is 15.3. The van der Waals surface area contributed by atoms with Crippen LogP contribution in [0.25, 0.3) is 0 Å². The molecule has 0 radical (unpaired) electrons. The van der Waals surface area contributed by atoms with Gasteiger partial charge in [-0.05, 0) is 42.7 Å². The third-order valence-corrected chi connectivity index (χ3v) is 5.77. The Kier molecular flexibility index (Phi) is 6.27. The molecule has 0 bridgehead atoms. The standard InChI is InChI=1S/C20H25FN2O2S/c1-3-5-18-14(4-2)12-19(26-18)20(24)22-15-6-7-17(16(21)13-15)23-8-10-25-11-9-23/h6-7,12-13H,3-5,8-11H2,1-2H3,(H,22,24). The second-order valence-electron chi connectivity index (χ2n) is 6.38. The third-order valence-electron chi connectivity index (χ3n) is 4.54. The van der Waals surface area contributed by atoms with E-state index in [0.29, 0.717) is 42.6 Å². The Labute approximate surface area is 158 Å². The molecule has 6 heteroatoms. The van der Waals surface area contributed by atoms with Gasteiger partial charge >= 0.3 is 0 Å². The Morgan fingerprint density at radius 1 is 1.27 bits per heavy atom. The molecule has 1 saturated heterocycles. The number of aryl methyl sites for hydroxylation is 2. The van der Waals surface area contributed by atoms with Gasteiger partial charge < -0.3 is 15.0 Å². The van der Waals surface area contributed by atoms with Gasteiger partial charge in [0, 0.05) is 23.7 Å². The smallest absolute Gasteiger partial charge is 0.265 e. The number of nitrogens with one attached hydrogen (secondary N) is 1. The summed E-state index contributed by atoms with van der Waals surface area (Å²) in [4.78, 5) is 16.5. The molecule has 1 amide bonds. The average molecular weight is 376 g/mol. The summed E-state index contributed by atoms with van der Waals surface area (Å²) in [5.74, 6) is -0.498. The van der Waals surface area contributed by atoms with Crippen molar-refractivity contribution in [2.75, 3.05) is 36.5 Å². The number of carbonyl (C=O) groups excluding carboxylic acids is 1. The van der Waals surface area contributed by atoms with Crippen molar-refractivity contribution in [2.24, 2.45) is 0 Å². The summed E-state index contributed by atoms with van der Waals surface area (Å²) in [6.45, 7) is 6.81. The SMILES string of the molecule is CCCc1sc(C(=O)Nc2ccc(N3CCOCC3)c(F)c2)cc1CC. The highest BCUT2D eigenvalue weighted by Gasteiger charge is 2.17. The molecule has 0 spiro atoms. The summed E-state index contributed by atoms with van der Waals surface area (Å²) < 4.78 is 19.8. The number of anilines is 2. The molecular formula is C20H25FN2O2S. The molecule has 1 N–H and O–H groups in total. The van der Waals surface area contributed by atoms with Crippen molar-refractivity contribution in [3.05, 3.63) is 45.4 Å². The van der Waals surface area contributed by atoms with Crippen molar-refractivity contribution in [3.8, 4) is 0 Å². The van der Waals surface area contributed by atoms with Crippen molar-refractivity contribution < 1.29 is 13.9 Å². The van der Waals surface area contributed by atoms with E-state index in [1.165, 1.54) is 27.8 Å². The molecule has 1 aliphatic heterocycles. The fourth-order valence-electron chi connectivity index (χ4n) is 3.15. The summed E-state index contributed by atoms with van der Waals surface area (Å²) in [6, 6.07) is 6.84. The number of thiophene rings is 1. The van der Waals surface area contributed by atoms with Crippen LogP contribution < -0.4 is 10.2 Å². The maximum atomic E-state index is 14.5. The van der Waals surface area contributed by atoms with E-state index in [1.54, 1.807) is 12.1 Å². The molecule has 1 fully saturated rings. The van der Waals surface area contributed by atoms with Gasteiger partial charge in [0.05, 0.1) is 23.8 Å². The molecule has 0 saturated carbocycles. The first kappa shape index (κ1) is 18.9. The Hall–Kier alpha value is -1.92. The van der Waals surface area contributed by atoms with Crippen LogP contribution in [0.3, 0.4) is 0 Å². The lowest BCUT2D eigenvalue weighted by molar-refractivity contribution is 0.103. The van der Waals surface area contributed by atoms with E-state index in [0.717, 1.165) is 19.3 Å². The zero-order valence-corrected chi connectivity index (χ0v) is 16.1. The number of benzene rings is 1. The average Bonchev–Trinajstić information content (AvgIpc) is 3.06. The molecule has 0 unspecified atom stereocenters. The maximum Gasteiger partial charge on any atom is 0.265 e. The fraction of sp³-hybridized carbons (Fsp3) is 0.450. The number of nitrogens with zero attached hydrogens (tertiary/aromatic N) is 1. The number of carbonyl (C=O) groups is 1. The van der Waals surface area contributed by atoms with Gasteiger partial charge in [-0.3, -0.25) is 4.79 Å². The lowest BCUT2D eigenvalue weighted by Crippen LogP contribution is -2.36. The third kappa shape index (κ3) is 4.24. The van der Waals surface area contributed by atoms with E-state index in [9.17, 15) is 9.18 Å². The number of morpholine rings is 1. The van der Waals surface area contributed by atoms with Crippen molar-refractivity contribution in [2.45, 2.75) is 33.1 Å². The second kappa shape index (κ2) is 8.64. The summed E-state index contributed by atoms with van der Waals surface area (Å²) in [6.07, 6.45) is 2.97. The highest BCUT2D eigenvalue weighted by atomic mass is 32.1. The van der Waals surface area contributed by atoms with E-state index >= 15 is 0 Å². The number of hydrogen-bond donors (Lipinski definition) is 1. The predicted molar refractivity (Wildman–Crippen MR) is 105 cm³/mol. The molecule has 26 heavy (non-hydrogen) atoms. The Morgan fingerprint density at radius 2 is 2.04 bits per heavy atom. The minimum absolute atomic E-state index is 0.175. The van der Waals surface area contributed by atoms with Crippen LogP contribution >= 0.6 is 11.3 Å². The van der Waals surface area contributed by atoms with Crippen LogP contribution in [0.1, 0.15) is 40.4 Å². The number of hydrogen-bond acceptors (Lipinski definition) is 4. The first-order valence-electron chi connectivity index (χ1n) is 9.17. The van der Waals surface area contributed by atoms with Gasteiger partial charge in [-0.1, -0.05) is 20.3 Å². The first-order valence-corrected chi connectivity index (χ1v) is 9.99. The monoisotopic (exact) mass is 376 g/mol. The summed E-state index contributed by atoms with van der Waals surface area (Å²) in [5, 5.41) is 2.82. The van der Waals surface area contributed by atoms with Crippen molar-refractivity contribution in [1.29, 1.82) is 0 Å². The first-order chi connectivity index (χ1) is 12.6. The molecule has 2 heterocycles. The fourth-order valence-corrected chi connectivity index (χ4v) is 4.41. The lowest BCUT2D eigenvalue weighted by atomic mass is 10.1. The normalized spacial score (nSPS) is 14.5. The molecular weight excluding hydrogens is 351 g/mol. The van der Waals surface area contributed by atoms with E-state index in [2.05, 4.69) is 19.2 Å². The van der Waals surface area contributed by atoms with Gasteiger partial charge in [-0.25, -0.2) is 4.39 Å². The van der Waals surface area contributed by atoms with Crippen LogP contribution in [0.15, 0.2) is 24.3 Å². The van der Waals surface area contributed by atoms with Crippen molar-refractivity contribution in [3.63, 3.8) is 0 Å². The summed E-state index contributed by atoms with van der Waals surface area (Å²) >= 11 is 1.54. The highest BCUT2D eigenvalue weighted by Crippen LogP contribution is 2.27. The predicted octanol–water partition coefficient (Wildman–Crippen LogP) is 4.49. The topological polar surface area (TPSA) is 41.6 Å². The van der Waals surface area contributed by atoms with Gasteiger partial charge in [-0.2, -0.15) is 0 Å². The molecule has 0 atom stereocenters. The van der Waals surface area contributed by atoms with Crippen LogP contribution in [0.2, 0.25) is 0 Å². The van der Waals surface area contributed by atoms with Gasteiger partial charge in [-0.15, -0.1) is 11.3 Å². The number of rotatable bonds is 6. The van der Waals surface area contributed by atoms with Crippen LogP contribution in [-0.2, 0) is 17.6 Å². The van der Waals surface area contributed by atoms with E-state index in [-0.39, 0.29) is 11.7 Å². The van der Waals surface area contributed by atoms with Gasteiger partial charge in [0.1, 0.15) is 5.82 Å². The summed E-state index contributed by atoms with van der Waals surface area (Å²) in [7, 11) is 0. The largest absolute Gasteiger partial charge is 0.378 e. The molecule has 2 aromatic rings. The van der Waals surface area contributed by atoms with Crippen molar-refractivity contribution in [1.82, 2.24) is 0 Å². The van der Waals surface area contributed by atoms with E-state index in [1.807, 2.05) is 11.0 Å². The van der Waals surface area contributed by atoms with Crippen LogP contribution in [-0.4, -0.2) is 32.2 Å². The van der Waals surface area contributed by atoms with Crippen LogP contribution in [0.4, 0.5) is 15.8 Å². The van der Waals surface area contributed by atoms with Crippen LogP contribution in [0, 0.1) is 5.82 Å². The maximum absolute atomic E-state index is 14.5. The molecule has 0 aliphatic carbocycles. The van der Waals surface area contributed by atoms with E-state index in [4.69, 9.17) is 4.74 Å². The number of amides is 1. The van der Waals surface area contributed by atoms with Gasteiger partial charge in [0.15, 0.2) is 0 Å². The Bertz CT molecular complexity index is 769. The lowest BCUT2D eigenvalue weighted by Gasteiger charge is -2.29. The van der Waals surface area contributed by atoms with Crippen molar-refractivity contribution >= 4 is 28.6 Å². The molecule has 1 aliphatic rings. The van der Waals surface area contributed by atoms with Gasteiger partial charge in [0.2, 0.25) is 0 Å². The number of ether oxygens (including phenoxy) is 1. The zero-order chi connectivity index (χ0) is 18.5. The molecule has 140 valence electrons. The molecule has 1 aromatic carbocycles. The minimum atomic E-state index is -0.322. The highest BCUT2D eigenvalue weighted by molar-refractivity contribution is 7.14. The second-order valence-corrected chi connectivity index (χ2v) is 7.52. The summed E-state index contributed by atoms with van der Waals surface area (Å²) in [5.41, 5.74) is 2.27. The van der Waals surface area contributed by atoms with E-state index < -0.39 is 0 Å².